The molecule has 1 atom stereocenters. The van der Waals surface area contributed by atoms with Gasteiger partial charge in [0.25, 0.3) is 10.0 Å². The second-order valence-corrected chi connectivity index (χ2v) is 6.05. The van der Waals surface area contributed by atoms with E-state index in [0.717, 1.165) is 4.88 Å². The molecule has 0 aliphatic carbocycles. The van der Waals surface area contributed by atoms with Gasteiger partial charge in [0.05, 0.1) is 6.07 Å². The first-order valence-corrected chi connectivity index (χ1v) is 6.69. The molecule has 0 spiro atoms. The molecule has 0 bridgehead atoms. The molecular formula is C8H11N3O2S2. The fourth-order valence-corrected chi connectivity index (χ4v) is 3.02. The maximum absolute atomic E-state index is 11.6. The van der Waals surface area contributed by atoms with Crippen molar-refractivity contribution in [1.29, 1.82) is 5.26 Å². The summed E-state index contributed by atoms with van der Waals surface area (Å²) < 4.78 is 25.5. The average molecular weight is 245 g/mol. The van der Waals surface area contributed by atoms with Crippen molar-refractivity contribution in [2.45, 2.75) is 25.5 Å². The first kappa shape index (κ1) is 11.9. The molecule has 0 radical (unpaired) electrons. The number of aromatic nitrogens is 1. The largest absolute Gasteiger partial charge is 0.258 e. The van der Waals surface area contributed by atoms with Gasteiger partial charge in [-0.2, -0.15) is 5.26 Å². The Bertz CT molecular complexity index is 472. The second-order valence-electron chi connectivity index (χ2n) is 2.95. The molecular weight excluding hydrogens is 234 g/mol. The lowest BCUT2D eigenvalue weighted by Crippen LogP contribution is -2.25. The van der Waals surface area contributed by atoms with Gasteiger partial charge in [-0.05, 0) is 13.3 Å². The van der Waals surface area contributed by atoms with Crippen LogP contribution in [0.3, 0.4) is 0 Å². The van der Waals surface area contributed by atoms with Gasteiger partial charge in [-0.3, -0.25) is 4.72 Å². The Labute approximate surface area is 92.8 Å². The van der Waals surface area contributed by atoms with Crippen molar-refractivity contribution in [1.82, 2.24) is 4.98 Å². The molecule has 1 N–H and O–H groups in total. The summed E-state index contributed by atoms with van der Waals surface area (Å²) in [6, 6.07) is 1.75. The second kappa shape index (κ2) is 4.59. The predicted octanol–water partition coefficient (Wildman–Crippen LogP) is 1.50. The maximum atomic E-state index is 11.6. The molecule has 0 aromatic carbocycles. The monoisotopic (exact) mass is 245 g/mol. The quantitative estimate of drug-likeness (QED) is 0.871. The summed E-state index contributed by atoms with van der Waals surface area (Å²) >= 11 is 1.24. The maximum Gasteiger partial charge on any atom is 0.250 e. The molecule has 0 aliphatic rings. The molecule has 1 heterocycles. The minimum absolute atomic E-state index is 0.260. The summed E-state index contributed by atoms with van der Waals surface area (Å²) in [5, 5.41) is 7.94. The fourth-order valence-electron chi connectivity index (χ4n) is 0.975. The summed E-state index contributed by atoms with van der Waals surface area (Å²) in [4.78, 5) is 4.79. The topological polar surface area (TPSA) is 82.8 Å². The Morgan fingerprint density at radius 3 is 2.80 bits per heavy atom. The highest BCUT2D eigenvalue weighted by atomic mass is 32.2. The van der Waals surface area contributed by atoms with Crippen molar-refractivity contribution in [3.63, 3.8) is 0 Å². The van der Waals surface area contributed by atoms with E-state index in [1.54, 1.807) is 19.2 Å². The Balaban J connectivity index is 2.86. The molecule has 5 nitrogen and oxygen atoms in total. The predicted molar refractivity (Wildman–Crippen MR) is 59.1 cm³/mol. The van der Waals surface area contributed by atoms with Crippen LogP contribution in [0.4, 0.5) is 5.13 Å². The van der Waals surface area contributed by atoms with E-state index >= 15 is 0 Å². The molecule has 1 unspecified atom stereocenters. The Kier molecular flexibility index (Phi) is 3.66. The standard InChI is InChI=1S/C8H11N3O2S2/c1-3-7(4-9)15(12,13)11-8-10-5-6(2)14-8/h5,7H,3H2,1-2H3,(H,10,11). The van der Waals surface area contributed by atoms with E-state index in [-0.39, 0.29) is 6.42 Å². The number of sulfonamides is 1. The lowest BCUT2D eigenvalue weighted by Gasteiger charge is -2.07. The average Bonchev–Trinajstić information content (AvgIpc) is 2.51. The smallest absolute Gasteiger partial charge is 0.250 e. The molecule has 0 aliphatic heterocycles. The van der Waals surface area contributed by atoms with Crippen LogP contribution in [0.2, 0.25) is 0 Å². The van der Waals surface area contributed by atoms with Gasteiger partial charge in [0.15, 0.2) is 10.4 Å². The van der Waals surface area contributed by atoms with E-state index < -0.39 is 15.3 Å². The molecule has 0 saturated carbocycles. The van der Waals surface area contributed by atoms with Crippen LogP contribution in [0.1, 0.15) is 18.2 Å². The third-order valence-electron chi connectivity index (χ3n) is 1.74. The first-order valence-electron chi connectivity index (χ1n) is 4.33. The minimum Gasteiger partial charge on any atom is -0.258 e. The zero-order chi connectivity index (χ0) is 11.5. The van der Waals surface area contributed by atoms with Crippen molar-refractivity contribution in [2.24, 2.45) is 0 Å². The number of anilines is 1. The summed E-state index contributed by atoms with van der Waals surface area (Å²) in [7, 11) is -3.63. The number of nitriles is 1. The third-order valence-corrected chi connectivity index (χ3v) is 4.36. The lowest BCUT2D eigenvalue weighted by atomic mass is 10.4. The number of thiazole rings is 1. The van der Waals surface area contributed by atoms with Crippen molar-refractivity contribution in [2.75, 3.05) is 4.72 Å². The van der Waals surface area contributed by atoms with E-state index in [1.165, 1.54) is 11.3 Å². The van der Waals surface area contributed by atoms with Crippen molar-refractivity contribution in [3.05, 3.63) is 11.1 Å². The third kappa shape index (κ3) is 2.91. The normalized spacial score (nSPS) is 13.1. The van der Waals surface area contributed by atoms with Crippen LogP contribution in [-0.2, 0) is 10.0 Å². The van der Waals surface area contributed by atoms with Gasteiger partial charge in [0.1, 0.15) is 0 Å². The van der Waals surface area contributed by atoms with Gasteiger partial charge < -0.3 is 0 Å². The van der Waals surface area contributed by atoms with Crippen LogP contribution in [0.5, 0.6) is 0 Å². The summed E-state index contributed by atoms with van der Waals surface area (Å²) in [5.41, 5.74) is 0. The van der Waals surface area contributed by atoms with Gasteiger partial charge in [-0.15, -0.1) is 11.3 Å². The Hall–Kier alpha value is -1.13. The molecule has 82 valence electrons. The SMILES string of the molecule is CCC(C#N)S(=O)(=O)Nc1ncc(C)s1. The van der Waals surface area contributed by atoms with E-state index in [2.05, 4.69) is 9.71 Å². The van der Waals surface area contributed by atoms with E-state index in [9.17, 15) is 8.42 Å². The van der Waals surface area contributed by atoms with Gasteiger partial charge in [-0.1, -0.05) is 6.92 Å². The van der Waals surface area contributed by atoms with E-state index in [1.807, 2.05) is 6.92 Å². The Morgan fingerprint density at radius 2 is 2.40 bits per heavy atom. The van der Waals surface area contributed by atoms with Gasteiger partial charge in [0, 0.05) is 11.1 Å². The van der Waals surface area contributed by atoms with Crippen LogP contribution < -0.4 is 4.72 Å². The molecule has 0 amide bonds. The number of nitrogens with zero attached hydrogens (tertiary/aromatic N) is 2. The van der Waals surface area contributed by atoms with E-state index in [4.69, 9.17) is 5.26 Å². The number of rotatable bonds is 4. The highest BCUT2D eigenvalue weighted by Crippen LogP contribution is 2.19. The highest BCUT2D eigenvalue weighted by Gasteiger charge is 2.24. The molecule has 7 heteroatoms. The van der Waals surface area contributed by atoms with Crippen LogP contribution in [0, 0.1) is 18.3 Å². The lowest BCUT2D eigenvalue weighted by molar-refractivity contribution is 0.593. The van der Waals surface area contributed by atoms with Crippen LogP contribution in [0.15, 0.2) is 6.20 Å². The van der Waals surface area contributed by atoms with Gasteiger partial charge >= 0.3 is 0 Å². The van der Waals surface area contributed by atoms with Crippen LogP contribution in [0.25, 0.3) is 0 Å². The molecule has 15 heavy (non-hydrogen) atoms. The van der Waals surface area contributed by atoms with Crippen molar-refractivity contribution in [3.8, 4) is 6.07 Å². The Morgan fingerprint density at radius 1 is 1.73 bits per heavy atom. The zero-order valence-electron chi connectivity index (χ0n) is 8.39. The molecule has 1 rings (SSSR count). The summed E-state index contributed by atoms with van der Waals surface area (Å²) in [6.07, 6.45) is 1.84. The van der Waals surface area contributed by atoms with Crippen LogP contribution >= 0.6 is 11.3 Å². The molecule has 0 saturated heterocycles. The summed E-state index contributed by atoms with van der Waals surface area (Å²) in [6.45, 7) is 3.48. The number of hydrogen-bond donors (Lipinski definition) is 1. The zero-order valence-corrected chi connectivity index (χ0v) is 10.0. The minimum atomic E-state index is -3.63. The van der Waals surface area contributed by atoms with Crippen LogP contribution in [-0.4, -0.2) is 18.7 Å². The summed E-state index contributed by atoms with van der Waals surface area (Å²) in [5.74, 6) is 0. The van der Waals surface area contributed by atoms with Gasteiger partial charge in [0.2, 0.25) is 0 Å². The molecule has 0 fully saturated rings. The van der Waals surface area contributed by atoms with Crippen molar-refractivity contribution < 1.29 is 8.42 Å². The number of aryl methyl sites for hydroxylation is 1. The highest BCUT2D eigenvalue weighted by molar-refractivity contribution is 7.93. The molecule has 1 aromatic heterocycles. The van der Waals surface area contributed by atoms with Gasteiger partial charge in [-0.25, -0.2) is 13.4 Å². The number of nitrogens with one attached hydrogen (secondary N) is 1. The first-order chi connectivity index (χ1) is 6.99. The fraction of sp³-hybridized carbons (Fsp3) is 0.500. The molecule has 1 aromatic rings. The van der Waals surface area contributed by atoms with Crippen molar-refractivity contribution >= 4 is 26.5 Å². The number of hydrogen-bond acceptors (Lipinski definition) is 5. The van der Waals surface area contributed by atoms with E-state index in [0.29, 0.717) is 5.13 Å².